The van der Waals surface area contributed by atoms with Gasteiger partial charge in [0.2, 0.25) is 0 Å². The smallest absolute Gasteiger partial charge is 0.183 e. The number of fused-ring (bicyclic) bond motifs is 6. The predicted octanol–water partition coefficient (Wildman–Crippen LogP) is 6.90. The van der Waals surface area contributed by atoms with Crippen LogP contribution >= 0.6 is 22.6 Å². The molecular formula is C27H20IN3. The first kappa shape index (κ1) is 19.6. The first-order chi connectivity index (χ1) is 15.0. The lowest BCUT2D eigenvalue weighted by Gasteiger charge is -2.10. The first-order valence-electron chi connectivity index (χ1n) is 9.96. The summed E-state index contributed by atoms with van der Waals surface area (Å²) in [5.41, 5.74) is 8.94. The third kappa shape index (κ3) is 3.64. The Hall–Kier alpha value is -3.38. The van der Waals surface area contributed by atoms with Crippen LogP contribution in [0.4, 0.5) is 0 Å². The molecule has 0 aliphatic heterocycles. The van der Waals surface area contributed by atoms with Crippen molar-refractivity contribution in [3.63, 3.8) is 0 Å². The molecule has 6 rings (SSSR count). The highest BCUT2D eigenvalue weighted by molar-refractivity contribution is 14.1. The van der Waals surface area contributed by atoms with Gasteiger partial charge in [-0.05, 0) is 119 Å². The molecule has 0 spiro atoms. The van der Waals surface area contributed by atoms with Crippen molar-refractivity contribution in [1.82, 2.24) is 0 Å². The second-order valence-electron chi connectivity index (χ2n) is 7.68. The molecule has 4 heteroatoms. The average Bonchev–Trinajstić information content (AvgIpc) is 2.75. The van der Waals surface area contributed by atoms with Gasteiger partial charge in [-0.3, -0.25) is 5.41 Å². The Kier molecular flexibility index (Phi) is 4.87. The largest absolute Gasteiger partial charge is 0.370 e. The van der Waals surface area contributed by atoms with Crippen molar-refractivity contribution in [1.29, 1.82) is 5.41 Å². The van der Waals surface area contributed by atoms with Crippen LogP contribution in [0.5, 0.6) is 0 Å². The lowest BCUT2D eigenvalue weighted by molar-refractivity contribution is 1.39. The van der Waals surface area contributed by atoms with Crippen molar-refractivity contribution in [2.45, 2.75) is 0 Å². The van der Waals surface area contributed by atoms with Gasteiger partial charge in [-0.15, -0.1) is 0 Å². The van der Waals surface area contributed by atoms with E-state index in [-0.39, 0.29) is 5.96 Å². The molecule has 150 valence electrons. The molecule has 0 bridgehead atoms. The van der Waals surface area contributed by atoms with Crippen LogP contribution in [0.3, 0.4) is 0 Å². The van der Waals surface area contributed by atoms with E-state index in [0.717, 1.165) is 0 Å². The van der Waals surface area contributed by atoms with Crippen molar-refractivity contribution in [3.8, 4) is 0 Å². The van der Waals surface area contributed by atoms with Gasteiger partial charge in [0.15, 0.2) is 5.96 Å². The van der Waals surface area contributed by atoms with Gasteiger partial charge in [0.1, 0.15) is 0 Å². The van der Waals surface area contributed by atoms with Crippen molar-refractivity contribution in [2.24, 2.45) is 11.5 Å². The van der Waals surface area contributed by atoms with Crippen LogP contribution in [0.1, 0.15) is 0 Å². The minimum atomic E-state index is -0.333. The summed E-state index contributed by atoms with van der Waals surface area (Å²) in [7, 11) is 0. The van der Waals surface area contributed by atoms with Crippen LogP contribution < -0.4 is 11.5 Å². The number of guanidine groups is 1. The van der Waals surface area contributed by atoms with E-state index in [9.17, 15) is 0 Å². The number of hydrogen-bond donors (Lipinski definition) is 3. The minimum absolute atomic E-state index is 0.333. The van der Waals surface area contributed by atoms with Crippen molar-refractivity contribution >= 4 is 82.4 Å². The number of halogens is 1. The summed E-state index contributed by atoms with van der Waals surface area (Å²) in [5, 5.41) is 19.2. The highest BCUT2D eigenvalue weighted by Crippen LogP contribution is 2.34. The van der Waals surface area contributed by atoms with Crippen LogP contribution in [0.15, 0.2) is 91.0 Å². The Labute approximate surface area is 193 Å². The highest BCUT2D eigenvalue weighted by atomic mass is 127. The highest BCUT2D eigenvalue weighted by Gasteiger charge is 2.07. The van der Waals surface area contributed by atoms with Crippen molar-refractivity contribution < 1.29 is 0 Å². The molecule has 0 amide bonds. The molecule has 5 N–H and O–H groups in total. The quantitative estimate of drug-likeness (QED) is 0.0680. The van der Waals surface area contributed by atoms with E-state index in [1.54, 1.807) is 0 Å². The van der Waals surface area contributed by atoms with Crippen molar-refractivity contribution in [3.05, 3.63) is 94.6 Å². The number of nitrogens with one attached hydrogen (secondary N) is 1. The Morgan fingerprint density at radius 3 is 1.61 bits per heavy atom. The van der Waals surface area contributed by atoms with E-state index in [4.69, 9.17) is 5.41 Å². The molecule has 3 nitrogen and oxygen atoms in total. The molecule has 0 aliphatic rings. The molecule has 0 fully saturated rings. The van der Waals surface area contributed by atoms with Crippen LogP contribution in [-0.4, -0.2) is 5.96 Å². The molecule has 0 aliphatic carbocycles. The van der Waals surface area contributed by atoms with E-state index in [0.29, 0.717) is 0 Å². The summed E-state index contributed by atoms with van der Waals surface area (Å²) in [6, 6.07) is 33.6. The normalized spacial score (nSPS) is 11.1. The number of hydrogen-bond acceptors (Lipinski definition) is 1. The Bertz CT molecular complexity index is 1630. The van der Waals surface area contributed by atoms with E-state index in [2.05, 4.69) is 125 Å². The Balaban J connectivity index is 0.000000473. The van der Waals surface area contributed by atoms with Gasteiger partial charge in [0.25, 0.3) is 0 Å². The number of benzene rings is 6. The fourth-order valence-electron chi connectivity index (χ4n) is 4.24. The summed E-state index contributed by atoms with van der Waals surface area (Å²) in [5.74, 6) is -0.333. The topological polar surface area (TPSA) is 75.9 Å². The molecule has 0 radical (unpaired) electrons. The average molecular weight is 513 g/mol. The number of nitrogens with two attached hydrogens (primary N) is 2. The van der Waals surface area contributed by atoms with E-state index in [1.165, 1.54) is 57.4 Å². The molecular weight excluding hydrogens is 493 g/mol. The molecule has 6 aromatic carbocycles. The summed E-state index contributed by atoms with van der Waals surface area (Å²) in [6.45, 7) is 0. The number of rotatable bonds is 0. The van der Waals surface area contributed by atoms with Gasteiger partial charge >= 0.3 is 0 Å². The second kappa shape index (κ2) is 7.71. The van der Waals surface area contributed by atoms with Crippen LogP contribution in [0, 0.1) is 8.98 Å². The zero-order valence-electron chi connectivity index (χ0n) is 16.7. The standard InChI is InChI=1S/C26H15I.CH5N3/c27-26-7-3-6-18-12-19-8-9-20-13-21-10-16-4-1-2-5-17(16)11-22(21)14-23(20)24(19)15-25(18)26;2-1(3)4/h1-15H;(H5,2,3,4). The molecule has 0 unspecified atom stereocenters. The summed E-state index contributed by atoms with van der Waals surface area (Å²) >= 11 is 2.44. The molecule has 0 heterocycles. The summed E-state index contributed by atoms with van der Waals surface area (Å²) in [4.78, 5) is 0. The van der Waals surface area contributed by atoms with Crippen LogP contribution in [0.25, 0.3) is 53.9 Å². The summed E-state index contributed by atoms with van der Waals surface area (Å²) < 4.78 is 1.30. The lowest BCUT2D eigenvalue weighted by Crippen LogP contribution is -2.20. The Morgan fingerprint density at radius 1 is 0.516 bits per heavy atom. The van der Waals surface area contributed by atoms with Gasteiger partial charge in [-0.2, -0.15) is 0 Å². The van der Waals surface area contributed by atoms with Gasteiger partial charge < -0.3 is 11.5 Å². The maximum Gasteiger partial charge on any atom is 0.183 e. The maximum atomic E-state index is 6.06. The lowest BCUT2D eigenvalue weighted by atomic mass is 9.95. The predicted molar refractivity (Wildman–Crippen MR) is 143 cm³/mol. The molecule has 0 saturated heterocycles. The summed E-state index contributed by atoms with van der Waals surface area (Å²) in [6.07, 6.45) is 0. The maximum absolute atomic E-state index is 6.06. The zero-order chi connectivity index (χ0) is 21.5. The third-order valence-corrected chi connectivity index (χ3v) is 6.54. The van der Waals surface area contributed by atoms with E-state index >= 15 is 0 Å². The van der Waals surface area contributed by atoms with Crippen LogP contribution in [0.2, 0.25) is 0 Å². The van der Waals surface area contributed by atoms with Gasteiger partial charge in [-0.25, -0.2) is 0 Å². The van der Waals surface area contributed by atoms with Gasteiger partial charge in [0, 0.05) is 3.57 Å². The Morgan fingerprint density at radius 2 is 0.968 bits per heavy atom. The third-order valence-electron chi connectivity index (χ3n) is 5.60. The molecule has 0 atom stereocenters. The first-order valence-corrected chi connectivity index (χ1v) is 11.0. The van der Waals surface area contributed by atoms with E-state index in [1.807, 2.05) is 0 Å². The monoisotopic (exact) mass is 513 g/mol. The van der Waals surface area contributed by atoms with Gasteiger partial charge in [0.05, 0.1) is 0 Å². The van der Waals surface area contributed by atoms with Crippen molar-refractivity contribution in [2.75, 3.05) is 0 Å². The van der Waals surface area contributed by atoms with Gasteiger partial charge in [-0.1, -0.05) is 48.5 Å². The fraction of sp³-hybridized carbons (Fsp3) is 0. The molecule has 0 aromatic heterocycles. The molecule has 31 heavy (non-hydrogen) atoms. The molecule has 0 saturated carbocycles. The fourth-order valence-corrected chi connectivity index (χ4v) is 4.91. The zero-order valence-corrected chi connectivity index (χ0v) is 18.9. The SMILES string of the molecule is Ic1cccc2cc3ccc4cc5cc6ccccc6cc5cc4c3cc12.N=C(N)N. The van der Waals surface area contributed by atoms with Crippen LogP contribution in [-0.2, 0) is 0 Å². The minimum Gasteiger partial charge on any atom is -0.370 e. The molecule has 6 aromatic rings. The second-order valence-corrected chi connectivity index (χ2v) is 8.84. The van der Waals surface area contributed by atoms with E-state index < -0.39 is 0 Å².